The third kappa shape index (κ3) is 5.08. The molecule has 4 rings (SSSR count). The van der Waals surface area contributed by atoms with E-state index in [1.807, 2.05) is 48.9 Å². The maximum absolute atomic E-state index is 13.5. The van der Waals surface area contributed by atoms with Gasteiger partial charge in [0.2, 0.25) is 0 Å². The Morgan fingerprint density at radius 2 is 1.48 bits per heavy atom. The minimum atomic E-state index is -0.217. The zero-order chi connectivity index (χ0) is 19.9. The fourth-order valence-electron chi connectivity index (χ4n) is 3.43. The van der Waals surface area contributed by atoms with Gasteiger partial charge < -0.3 is 4.57 Å². The minimum absolute atomic E-state index is 0.217. The van der Waals surface area contributed by atoms with Crippen LogP contribution in [0.1, 0.15) is 28.8 Å². The smallest absolute Gasteiger partial charge is 0.123 e. The Labute approximate surface area is 171 Å². The van der Waals surface area contributed by atoms with E-state index in [4.69, 9.17) is 0 Å². The zero-order valence-electron chi connectivity index (χ0n) is 16.2. The summed E-state index contributed by atoms with van der Waals surface area (Å²) in [6, 6.07) is 27.5. The van der Waals surface area contributed by atoms with Crippen molar-refractivity contribution < 1.29 is 4.39 Å². The van der Waals surface area contributed by atoms with Crippen LogP contribution < -0.4 is 0 Å². The molecule has 2 nitrogen and oxygen atoms in total. The van der Waals surface area contributed by atoms with Gasteiger partial charge in [0.1, 0.15) is 5.82 Å². The SMILES string of the molecule is Fc1ccc(/C(=C/c2cncn2Cc2ccccc2)CCc2ccccc2)cc1. The van der Waals surface area contributed by atoms with Crippen molar-refractivity contribution in [3.63, 3.8) is 0 Å². The lowest BCUT2D eigenvalue weighted by Crippen LogP contribution is -2.00. The Hall–Kier alpha value is -3.46. The van der Waals surface area contributed by atoms with Gasteiger partial charge in [0.15, 0.2) is 0 Å². The van der Waals surface area contributed by atoms with Crippen LogP contribution in [-0.2, 0) is 13.0 Å². The highest BCUT2D eigenvalue weighted by Gasteiger charge is 2.07. The van der Waals surface area contributed by atoms with Gasteiger partial charge in [-0.25, -0.2) is 9.37 Å². The van der Waals surface area contributed by atoms with E-state index in [0.717, 1.165) is 30.6 Å². The predicted octanol–water partition coefficient (Wildman–Crippen LogP) is 6.24. The van der Waals surface area contributed by atoms with E-state index in [0.29, 0.717) is 0 Å². The Morgan fingerprint density at radius 1 is 0.828 bits per heavy atom. The molecule has 0 radical (unpaired) electrons. The summed E-state index contributed by atoms with van der Waals surface area (Å²) in [6.07, 6.45) is 7.71. The van der Waals surface area contributed by atoms with Gasteiger partial charge in [-0.3, -0.25) is 0 Å². The highest BCUT2D eigenvalue weighted by molar-refractivity contribution is 5.80. The van der Waals surface area contributed by atoms with E-state index in [2.05, 4.69) is 52.0 Å². The molecule has 0 saturated heterocycles. The molecule has 0 aliphatic rings. The molecular formula is C26H23FN2. The molecule has 3 heteroatoms. The van der Waals surface area contributed by atoms with E-state index in [1.54, 1.807) is 0 Å². The second kappa shape index (κ2) is 9.16. The lowest BCUT2D eigenvalue weighted by atomic mass is 9.97. The van der Waals surface area contributed by atoms with Crippen molar-refractivity contribution in [3.8, 4) is 0 Å². The maximum Gasteiger partial charge on any atom is 0.123 e. The molecule has 0 spiro atoms. The third-order valence-electron chi connectivity index (χ3n) is 5.00. The number of hydrogen-bond acceptors (Lipinski definition) is 1. The molecule has 0 amide bonds. The quantitative estimate of drug-likeness (QED) is 0.370. The molecule has 0 bridgehead atoms. The van der Waals surface area contributed by atoms with Crippen LogP contribution >= 0.6 is 0 Å². The summed E-state index contributed by atoms with van der Waals surface area (Å²) in [5, 5.41) is 0. The number of halogens is 1. The molecule has 1 aromatic heterocycles. The number of allylic oxidation sites excluding steroid dienone is 1. The molecule has 144 valence electrons. The van der Waals surface area contributed by atoms with Crippen LogP contribution in [0.2, 0.25) is 0 Å². The fourth-order valence-corrected chi connectivity index (χ4v) is 3.43. The topological polar surface area (TPSA) is 17.8 Å². The van der Waals surface area contributed by atoms with Crippen molar-refractivity contribution in [1.82, 2.24) is 9.55 Å². The van der Waals surface area contributed by atoms with Gasteiger partial charge in [0, 0.05) is 6.54 Å². The summed E-state index contributed by atoms with van der Waals surface area (Å²) in [6.45, 7) is 0.766. The van der Waals surface area contributed by atoms with Gasteiger partial charge in [-0.1, -0.05) is 72.8 Å². The van der Waals surface area contributed by atoms with E-state index in [1.165, 1.54) is 28.8 Å². The number of imidazole rings is 1. The molecular weight excluding hydrogens is 359 g/mol. The van der Waals surface area contributed by atoms with Gasteiger partial charge in [-0.2, -0.15) is 0 Å². The first kappa shape index (κ1) is 18.9. The summed E-state index contributed by atoms with van der Waals surface area (Å²) in [5.74, 6) is -0.217. The van der Waals surface area contributed by atoms with Crippen molar-refractivity contribution >= 4 is 11.6 Å². The Balaban J connectivity index is 1.63. The summed E-state index contributed by atoms with van der Waals surface area (Å²) in [5.41, 5.74) is 5.77. The molecule has 0 aliphatic carbocycles. The van der Waals surface area contributed by atoms with Gasteiger partial charge in [-0.15, -0.1) is 0 Å². The van der Waals surface area contributed by atoms with Crippen LogP contribution in [0.25, 0.3) is 11.6 Å². The second-order valence-corrected chi connectivity index (χ2v) is 7.09. The van der Waals surface area contributed by atoms with Gasteiger partial charge in [0.25, 0.3) is 0 Å². The highest BCUT2D eigenvalue weighted by Crippen LogP contribution is 2.24. The molecule has 0 saturated carbocycles. The average Bonchev–Trinajstić information content (AvgIpc) is 3.20. The molecule has 4 aromatic rings. The summed E-state index contributed by atoms with van der Waals surface area (Å²) in [7, 11) is 0. The van der Waals surface area contributed by atoms with E-state index < -0.39 is 0 Å². The molecule has 0 unspecified atom stereocenters. The summed E-state index contributed by atoms with van der Waals surface area (Å²) >= 11 is 0. The predicted molar refractivity (Wildman–Crippen MR) is 117 cm³/mol. The fraction of sp³-hybridized carbons (Fsp3) is 0.115. The van der Waals surface area contributed by atoms with Gasteiger partial charge in [-0.05, 0) is 53.3 Å². The van der Waals surface area contributed by atoms with Crippen LogP contribution in [0.15, 0.2) is 97.5 Å². The maximum atomic E-state index is 13.5. The zero-order valence-corrected chi connectivity index (χ0v) is 16.2. The lowest BCUT2D eigenvalue weighted by Gasteiger charge is -2.11. The number of benzene rings is 3. The van der Waals surface area contributed by atoms with Crippen molar-refractivity contribution in [2.45, 2.75) is 19.4 Å². The van der Waals surface area contributed by atoms with Crippen molar-refractivity contribution in [1.29, 1.82) is 0 Å². The summed E-state index contributed by atoms with van der Waals surface area (Å²) < 4.78 is 15.6. The van der Waals surface area contributed by atoms with Gasteiger partial charge >= 0.3 is 0 Å². The normalized spacial score (nSPS) is 11.6. The lowest BCUT2D eigenvalue weighted by molar-refractivity contribution is 0.627. The molecule has 0 aliphatic heterocycles. The van der Waals surface area contributed by atoms with Crippen LogP contribution in [-0.4, -0.2) is 9.55 Å². The first-order valence-electron chi connectivity index (χ1n) is 9.82. The van der Waals surface area contributed by atoms with E-state index >= 15 is 0 Å². The molecule has 0 atom stereocenters. The molecule has 3 aromatic carbocycles. The molecule has 0 N–H and O–H groups in total. The molecule has 1 heterocycles. The standard InChI is InChI=1S/C26H23FN2/c27-25-15-13-23(14-16-25)24(12-11-21-7-3-1-4-8-21)17-26-18-28-20-29(26)19-22-9-5-2-6-10-22/h1-10,13-18,20H,11-12,19H2/b24-17+. The van der Waals surface area contributed by atoms with Crippen LogP contribution in [0.5, 0.6) is 0 Å². The van der Waals surface area contributed by atoms with Gasteiger partial charge in [0.05, 0.1) is 18.2 Å². The molecule has 29 heavy (non-hydrogen) atoms. The van der Waals surface area contributed by atoms with Crippen molar-refractivity contribution in [2.75, 3.05) is 0 Å². The number of aromatic nitrogens is 2. The Kier molecular flexibility index (Phi) is 5.96. The van der Waals surface area contributed by atoms with Crippen LogP contribution in [0.3, 0.4) is 0 Å². The van der Waals surface area contributed by atoms with E-state index in [-0.39, 0.29) is 5.82 Å². The number of nitrogens with zero attached hydrogens (tertiary/aromatic N) is 2. The van der Waals surface area contributed by atoms with E-state index in [9.17, 15) is 4.39 Å². The minimum Gasteiger partial charge on any atom is -0.327 e. The highest BCUT2D eigenvalue weighted by atomic mass is 19.1. The average molecular weight is 382 g/mol. The first-order chi connectivity index (χ1) is 14.3. The second-order valence-electron chi connectivity index (χ2n) is 7.09. The number of hydrogen-bond donors (Lipinski definition) is 0. The Bertz CT molecular complexity index is 1060. The largest absolute Gasteiger partial charge is 0.327 e. The molecule has 0 fully saturated rings. The van der Waals surface area contributed by atoms with Crippen molar-refractivity contribution in [3.05, 3.63) is 126 Å². The summed E-state index contributed by atoms with van der Waals surface area (Å²) in [4.78, 5) is 4.36. The number of rotatable bonds is 7. The first-order valence-corrected chi connectivity index (χ1v) is 9.82. The number of aryl methyl sites for hydroxylation is 1. The van der Waals surface area contributed by atoms with Crippen molar-refractivity contribution in [2.24, 2.45) is 0 Å². The monoisotopic (exact) mass is 382 g/mol. The van der Waals surface area contributed by atoms with Crippen LogP contribution in [0.4, 0.5) is 4.39 Å². The van der Waals surface area contributed by atoms with Crippen LogP contribution in [0, 0.1) is 5.82 Å². The third-order valence-corrected chi connectivity index (χ3v) is 5.00. The Morgan fingerprint density at radius 3 is 2.17 bits per heavy atom.